The number of piperidine rings is 1. The highest BCUT2D eigenvalue weighted by atomic mass is 35.5. The monoisotopic (exact) mass is 368 g/mol. The topological polar surface area (TPSA) is 50.2 Å². The quantitative estimate of drug-likeness (QED) is 0.884. The molecule has 2 aliphatic rings. The summed E-state index contributed by atoms with van der Waals surface area (Å²) in [5, 5.41) is 7.56. The molecule has 1 fully saturated rings. The molecule has 4 rings (SSSR count). The predicted octanol–water partition coefficient (Wildman–Crippen LogP) is 2.25. The highest BCUT2D eigenvalue weighted by molar-refractivity contribution is 6.00. The number of rotatable bonds is 2. The summed E-state index contributed by atoms with van der Waals surface area (Å²) < 4.78 is 28.9. The average Bonchev–Trinajstić information content (AvgIpc) is 3.25. The molecule has 2 aliphatic heterocycles. The summed E-state index contributed by atoms with van der Waals surface area (Å²) in [4.78, 5) is 15.0. The van der Waals surface area contributed by atoms with Gasteiger partial charge in [-0.15, -0.1) is 12.4 Å². The number of nitrogens with zero attached hydrogens (tertiary/aromatic N) is 3. The molecule has 8 heteroatoms. The van der Waals surface area contributed by atoms with Crippen molar-refractivity contribution in [3.63, 3.8) is 0 Å². The molecule has 0 bridgehead atoms. The average molecular weight is 369 g/mol. The molecule has 0 spiro atoms. The van der Waals surface area contributed by atoms with Gasteiger partial charge < -0.3 is 10.2 Å². The van der Waals surface area contributed by atoms with E-state index in [4.69, 9.17) is 0 Å². The number of nitrogens with one attached hydrogen (secondary N) is 1. The van der Waals surface area contributed by atoms with Crippen molar-refractivity contribution in [1.29, 1.82) is 0 Å². The molecular formula is C17H19ClF2N4O. The van der Waals surface area contributed by atoms with Gasteiger partial charge in [0.15, 0.2) is 11.6 Å². The Balaban J connectivity index is 0.00000182. The zero-order valence-electron chi connectivity index (χ0n) is 13.5. The minimum absolute atomic E-state index is 0. The number of carbonyl (C=O) groups excluding carboxylic acids is 1. The second kappa shape index (κ2) is 6.72. The smallest absolute Gasteiger partial charge is 0.255 e. The molecule has 0 unspecified atom stereocenters. The highest BCUT2D eigenvalue weighted by Crippen LogP contribution is 2.36. The molecule has 1 N–H and O–H groups in total. The Morgan fingerprint density at radius 1 is 1.20 bits per heavy atom. The number of hydrogen-bond acceptors (Lipinski definition) is 3. The Labute approximate surface area is 150 Å². The number of amides is 1. The van der Waals surface area contributed by atoms with Crippen LogP contribution in [0.15, 0.2) is 30.6 Å². The van der Waals surface area contributed by atoms with E-state index < -0.39 is 17.2 Å². The molecule has 0 aliphatic carbocycles. The predicted molar refractivity (Wildman–Crippen MR) is 92.0 cm³/mol. The van der Waals surface area contributed by atoms with E-state index in [-0.39, 0.29) is 18.3 Å². The summed E-state index contributed by atoms with van der Waals surface area (Å²) in [5.74, 6) is -1.89. The van der Waals surface area contributed by atoms with Crippen LogP contribution in [-0.4, -0.2) is 35.3 Å². The molecule has 134 valence electrons. The molecule has 0 atom stereocenters. The Kier molecular flexibility index (Phi) is 4.79. The third-order valence-electron chi connectivity index (χ3n) is 5.03. The van der Waals surface area contributed by atoms with Crippen LogP contribution in [0.1, 0.15) is 18.4 Å². The molecule has 2 aromatic rings. The summed E-state index contributed by atoms with van der Waals surface area (Å²) in [6, 6.07) is 4.12. The summed E-state index contributed by atoms with van der Waals surface area (Å²) in [6.07, 6.45) is 5.22. The van der Waals surface area contributed by atoms with E-state index >= 15 is 0 Å². The van der Waals surface area contributed by atoms with Crippen LogP contribution in [0.2, 0.25) is 0 Å². The van der Waals surface area contributed by atoms with Crippen molar-refractivity contribution in [2.24, 2.45) is 0 Å². The molecule has 1 amide bonds. The van der Waals surface area contributed by atoms with Crippen LogP contribution >= 0.6 is 12.4 Å². The number of halogens is 3. The van der Waals surface area contributed by atoms with Gasteiger partial charge in [0.1, 0.15) is 5.54 Å². The van der Waals surface area contributed by atoms with E-state index in [1.807, 2.05) is 0 Å². The lowest BCUT2D eigenvalue weighted by Gasteiger charge is -2.39. The molecule has 5 nitrogen and oxygen atoms in total. The van der Waals surface area contributed by atoms with Crippen molar-refractivity contribution >= 4 is 24.0 Å². The minimum atomic E-state index is -0.924. The molecule has 1 aromatic carbocycles. The van der Waals surface area contributed by atoms with Gasteiger partial charge in [-0.2, -0.15) is 5.10 Å². The van der Waals surface area contributed by atoms with Gasteiger partial charge in [-0.3, -0.25) is 9.48 Å². The molecule has 3 heterocycles. The molecule has 1 aromatic heterocycles. The van der Waals surface area contributed by atoms with E-state index in [1.165, 1.54) is 6.07 Å². The van der Waals surface area contributed by atoms with E-state index in [2.05, 4.69) is 10.4 Å². The first kappa shape index (κ1) is 17.8. The van der Waals surface area contributed by atoms with Crippen LogP contribution in [0.5, 0.6) is 0 Å². The number of hydrogen-bond donors (Lipinski definition) is 1. The number of carbonyl (C=O) groups is 1. The van der Waals surface area contributed by atoms with Crippen LogP contribution in [0.25, 0.3) is 0 Å². The van der Waals surface area contributed by atoms with E-state index in [9.17, 15) is 13.6 Å². The Hall–Kier alpha value is -1.99. The first-order valence-corrected chi connectivity index (χ1v) is 8.12. The van der Waals surface area contributed by atoms with Gasteiger partial charge >= 0.3 is 0 Å². The molecule has 25 heavy (non-hydrogen) atoms. The van der Waals surface area contributed by atoms with Crippen molar-refractivity contribution in [2.75, 3.05) is 24.5 Å². The van der Waals surface area contributed by atoms with Crippen molar-refractivity contribution in [2.45, 2.75) is 24.8 Å². The Bertz CT molecular complexity index is 775. The summed E-state index contributed by atoms with van der Waals surface area (Å²) in [6.45, 7) is 1.86. The van der Waals surface area contributed by atoms with Crippen LogP contribution in [0.3, 0.4) is 0 Å². The van der Waals surface area contributed by atoms with Crippen LogP contribution in [0.4, 0.5) is 14.5 Å². The van der Waals surface area contributed by atoms with Gasteiger partial charge in [-0.1, -0.05) is 0 Å². The summed E-state index contributed by atoms with van der Waals surface area (Å²) in [7, 11) is 0. The normalized spacial score (nSPS) is 18.6. The molecular weight excluding hydrogens is 350 g/mol. The fourth-order valence-corrected chi connectivity index (χ4v) is 3.75. The third-order valence-corrected chi connectivity index (χ3v) is 5.03. The fourth-order valence-electron chi connectivity index (χ4n) is 3.75. The van der Waals surface area contributed by atoms with Crippen LogP contribution < -0.4 is 10.2 Å². The maximum Gasteiger partial charge on any atom is 0.255 e. The van der Waals surface area contributed by atoms with Gasteiger partial charge in [-0.25, -0.2) is 8.78 Å². The minimum Gasteiger partial charge on any atom is -0.317 e. The lowest BCUT2D eigenvalue weighted by Crippen LogP contribution is -2.55. The van der Waals surface area contributed by atoms with Crippen LogP contribution in [-0.2, 0) is 16.8 Å². The highest BCUT2D eigenvalue weighted by Gasteiger charge is 2.46. The number of anilines is 1. The lowest BCUT2D eigenvalue weighted by molar-refractivity contribution is -0.129. The third kappa shape index (κ3) is 2.81. The standard InChI is InChI=1S/C17H18F2N4O.ClH/c18-13-10-12-2-9-22(15(12)11-14(13)19)16(24)17(3-6-20-7-4-17)23-8-1-5-21-23;/h1,5,8,10-11,20H,2-4,6-7,9H2;1H. The van der Waals surface area contributed by atoms with E-state index in [0.29, 0.717) is 50.1 Å². The second-order valence-corrected chi connectivity index (χ2v) is 6.33. The Morgan fingerprint density at radius 2 is 1.92 bits per heavy atom. The van der Waals surface area contributed by atoms with Gasteiger partial charge in [-0.05, 0) is 50.0 Å². The first-order chi connectivity index (χ1) is 11.6. The number of aromatic nitrogens is 2. The number of fused-ring (bicyclic) bond motifs is 1. The van der Waals surface area contributed by atoms with Gasteiger partial charge in [0.2, 0.25) is 0 Å². The van der Waals surface area contributed by atoms with Crippen molar-refractivity contribution in [1.82, 2.24) is 15.1 Å². The first-order valence-electron chi connectivity index (χ1n) is 8.12. The maximum atomic E-state index is 13.7. The lowest BCUT2D eigenvalue weighted by atomic mass is 9.86. The summed E-state index contributed by atoms with van der Waals surface area (Å²) >= 11 is 0. The zero-order chi connectivity index (χ0) is 16.7. The zero-order valence-corrected chi connectivity index (χ0v) is 14.4. The summed E-state index contributed by atoms with van der Waals surface area (Å²) in [5.41, 5.74) is 0.372. The molecule has 1 saturated heterocycles. The maximum absolute atomic E-state index is 13.7. The van der Waals surface area contributed by atoms with Crippen molar-refractivity contribution in [3.8, 4) is 0 Å². The Morgan fingerprint density at radius 3 is 2.60 bits per heavy atom. The van der Waals surface area contributed by atoms with E-state index in [0.717, 1.165) is 6.07 Å². The number of benzene rings is 1. The second-order valence-electron chi connectivity index (χ2n) is 6.33. The van der Waals surface area contributed by atoms with Crippen molar-refractivity contribution < 1.29 is 13.6 Å². The molecule has 0 saturated carbocycles. The SMILES string of the molecule is Cl.O=C(N1CCc2cc(F)c(F)cc21)C1(n2cccn2)CCNCC1. The fraction of sp³-hybridized carbons (Fsp3) is 0.412. The van der Waals surface area contributed by atoms with Gasteiger partial charge in [0.25, 0.3) is 5.91 Å². The van der Waals surface area contributed by atoms with Gasteiger partial charge in [0, 0.05) is 25.0 Å². The largest absolute Gasteiger partial charge is 0.317 e. The van der Waals surface area contributed by atoms with Crippen LogP contribution in [0, 0.1) is 11.6 Å². The van der Waals surface area contributed by atoms with Crippen molar-refractivity contribution in [3.05, 3.63) is 47.8 Å². The molecule has 0 radical (unpaired) electrons. The van der Waals surface area contributed by atoms with E-state index in [1.54, 1.807) is 28.0 Å². The van der Waals surface area contributed by atoms with Gasteiger partial charge in [0.05, 0.1) is 5.69 Å².